The van der Waals surface area contributed by atoms with Crippen molar-refractivity contribution >= 4 is 43.3 Å². The average molecular weight is 416 g/mol. The van der Waals surface area contributed by atoms with Crippen LogP contribution >= 0.6 is 33.9 Å². The van der Waals surface area contributed by atoms with Gasteiger partial charge in [0.1, 0.15) is 5.76 Å². The number of hydrogen-bond donors (Lipinski definition) is 0. The minimum absolute atomic E-state index is 0.0232. The molecule has 0 aliphatic carbocycles. The van der Waals surface area contributed by atoms with Crippen LogP contribution in [0.1, 0.15) is 27.7 Å². The SMILES string of the molecule is IC1=C(c2ccccc2)OC(c2cccs2)c2ccccc21. The Labute approximate surface area is 147 Å². The van der Waals surface area contributed by atoms with E-state index in [-0.39, 0.29) is 6.10 Å². The third-order valence-corrected chi connectivity index (χ3v) is 5.74. The molecular formula is C19H13IOS. The second-order valence-corrected chi connectivity index (χ2v) is 7.17. The fourth-order valence-electron chi connectivity index (χ4n) is 2.72. The van der Waals surface area contributed by atoms with E-state index in [1.165, 1.54) is 19.6 Å². The van der Waals surface area contributed by atoms with Gasteiger partial charge < -0.3 is 4.74 Å². The molecule has 2 heterocycles. The molecule has 1 nitrogen and oxygen atoms in total. The van der Waals surface area contributed by atoms with Gasteiger partial charge in [-0.15, -0.1) is 11.3 Å². The lowest BCUT2D eigenvalue weighted by atomic mass is 9.96. The van der Waals surface area contributed by atoms with Crippen LogP contribution < -0.4 is 0 Å². The molecule has 1 unspecified atom stereocenters. The predicted molar refractivity (Wildman–Crippen MR) is 101 cm³/mol. The van der Waals surface area contributed by atoms with Crippen LogP contribution in [0.5, 0.6) is 0 Å². The van der Waals surface area contributed by atoms with Gasteiger partial charge in [0.2, 0.25) is 0 Å². The molecule has 0 bridgehead atoms. The van der Waals surface area contributed by atoms with Crippen molar-refractivity contribution in [3.63, 3.8) is 0 Å². The first-order valence-corrected chi connectivity index (χ1v) is 9.05. The first-order valence-electron chi connectivity index (χ1n) is 7.09. The fraction of sp³-hybridized carbons (Fsp3) is 0.0526. The molecule has 1 aliphatic rings. The lowest BCUT2D eigenvalue weighted by Gasteiger charge is -2.29. The van der Waals surface area contributed by atoms with E-state index in [1.54, 1.807) is 11.3 Å². The average Bonchev–Trinajstić information content (AvgIpc) is 3.11. The molecule has 0 N–H and O–H groups in total. The Bertz CT molecular complexity index is 822. The number of thiophene rings is 1. The molecule has 0 saturated heterocycles. The molecular weight excluding hydrogens is 403 g/mol. The molecule has 108 valence electrons. The van der Waals surface area contributed by atoms with Crippen LogP contribution in [0.25, 0.3) is 9.34 Å². The van der Waals surface area contributed by atoms with Gasteiger partial charge >= 0.3 is 0 Å². The third-order valence-electron chi connectivity index (χ3n) is 3.75. The van der Waals surface area contributed by atoms with Crippen LogP contribution in [0.3, 0.4) is 0 Å². The second kappa shape index (κ2) is 5.89. The molecule has 22 heavy (non-hydrogen) atoms. The molecule has 0 spiro atoms. The molecule has 1 aromatic heterocycles. The number of rotatable bonds is 2. The van der Waals surface area contributed by atoms with Crippen molar-refractivity contribution in [2.24, 2.45) is 0 Å². The van der Waals surface area contributed by atoms with E-state index in [0.29, 0.717) is 0 Å². The third kappa shape index (κ3) is 2.38. The van der Waals surface area contributed by atoms with E-state index in [2.05, 4.69) is 88.6 Å². The molecule has 1 atom stereocenters. The van der Waals surface area contributed by atoms with Gasteiger partial charge in [-0.2, -0.15) is 0 Å². The number of fused-ring (bicyclic) bond motifs is 1. The second-order valence-electron chi connectivity index (χ2n) is 5.11. The Balaban J connectivity index is 1.90. The minimum atomic E-state index is -0.0232. The van der Waals surface area contributed by atoms with Gasteiger partial charge in [-0.05, 0) is 39.6 Å². The minimum Gasteiger partial charge on any atom is -0.478 e. The van der Waals surface area contributed by atoms with E-state index in [4.69, 9.17) is 4.74 Å². The van der Waals surface area contributed by atoms with Crippen LogP contribution in [0, 0.1) is 0 Å². The van der Waals surface area contributed by atoms with Crippen molar-refractivity contribution in [3.05, 3.63) is 93.7 Å². The van der Waals surface area contributed by atoms with Gasteiger partial charge in [-0.1, -0.05) is 60.7 Å². The van der Waals surface area contributed by atoms with Crippen molar-refractivity contribution in [1.82, 2.24) is 0 Å². The Morgan fingerprint density at radius 1 is 0.864 bits per heavy atom. The Hall–Kier alpha value is -1.59. The van der Waals surface area contributed by atoms with E-state index >= 15 is 0 Å². The summed E-state index contributed by atoms with van der Waals surface area (Å²) in [6, 6.07) is 23.1. The van der Waals surface area contributed by atoms with Gasteiger partial charge in [0.05, 0.1) is 3.58 Å². The van der Waals surface area contributed by atoms with Crippen LogP contribution in [0.4, 0.5) is 0 Å². The Kier molecular flexibility index (Phi) is 3.76. The monoisotopic (exact) mass is 416 g/mol. The van der Waals surface area contributed by atoms with Gasteiger partial charge in [-0.25, -0.2) is 0 Å². The maximum Gasteiger partial charge on any atom is 0.159 e. The zero-order chi connectivity index (χ0) is 14.9. The largest absolute Gasteiger partial charge is 0.478 e. The summed E-state index contributed by atoms with van der Waals surface area (Å²) in [5.41, 5.74) is 3.64. The lowest BCUT2D eigenvalue weighted by molar-refractivity contribution is 0.209. The highest BCUT2D eigenvalue weighted by Gasteiger charge is 2.29. The smallest absolute Gasteiger partial charge is 0.159 e. The highest BCUT2D eigenvalue weighted by atomic mass is 127. The van der Waals surface area contributed by atoms with Gasteiger partial charge in [0.15, 0.2) is 6.10 Å². The summed E-state index contributed by atoms with van der Waals surface area (Å²) in [7, 11) is 0. The molecule has 3 heteroatoms. The van der Waals surface area contributed by atoms with Crippen LogP contribution in [0.15, 0.2) is 72.1 Å². The maximum absolute atomic E-state index is 6.44. The normalized spacial score (nSPS) is 17.0. The number of halogens is 1. The van der Waals surface area contributed by atoms with Crippen LogP contribution in [0.2, 0.25) is 0 Å². The molecule has 4 rings (SSSR count). The predicted octanol–water partition coefficient (Wildman–Crippen LogP) is 6.13. The summed E-state index contributed by atoms with van der Waals surface area (Å²) in [6.45, 7) is 0. The Morgan fingerprint density at radius 2 is 1.64 bits per heavy atom. The molecule has 0 fully saturated rings. The fourth-order valence-corrected chi connectivity index (χ4v) is 4.42. The summed E-state index contributed by atoms with van der Waals surface area (Å²) >= 11 is 4.14. The van der Waals surface area contributed by atoms with Crippen molar-refractivity contribution in [2.45, 2.75) is 6.10 Å². The van der Waals surface area contributed by atoms with Crippen LogP contribution in [-0.2, 0) is 4.74 Å². The first kappa shape index (κ1) is 14.0. The van der Waals surface area contributed by atoms with Crippen LogP contribution in [-0.4, -0.2) is 0 Å². The summed E-state index contributed by atoms with van der Waals surface area (Å²) in [4.78, 5) is 1.24. The lowest BCUT2D eigenvalue weighted by Crippen LogP contribution is -2.12. The number of benzene rings is 2. The van der Waals surface area contributed by atoms with Gasteiger partial charge in [0.25, 0.3) is 0 Å². The number of hydrogen-bond acceptors (Lipinski definition) is 2. The highest BCUT2D eigenvalue weighted by molar-refractivity contribution is 14.1. The summed E-state index contributed by atoms with van der Waals surface area (Å²) in [5, 5.41) is 2.10. The Morgan fingerprint density at radius 3 is 2.41 bits per heavy atom. The first-order chi connectivity index (χ1) is 10.8. The number of ether oxygens (including phenoxy) is 1. The molecule has 0 radical (unpaired) electrons. The van der Waals surface area contributed by atoms with Gasteiger partial charge in [-0.3, -0.25) is 0 Å². The van der Waals surface area contributed by atoms with Crippen molar-refractivity contribution < 1.29 is 4.74 Å². The van der Waals surface area contributed by atoms with Gasteiger partial charge in [0, 0.05) is 16.0 Å². The molecule has 2 aromatic carbocycles. The maximum atomic E-state index is 6.44. The van der Waals surface area contributed by atoms with Crippen molar-refractivity contribution in [3.8, 4) is 0 Å². The summed E-state index contributed by atoms with van der Waals surface area (Å²) in [6.07, 6.45) is -0.0232. The highest BCUT2D eigenvalue weighted by Crippen LogP contribution is 2.46. The van der Waals surface area contributed by atoms with Crippen molar-refractivity contribution in [2.75, 3.05) is 0 Å². The standard InChI is InChI=1S/C19H13IOS/c20-17-14-9-4-5-10-15(14)19(16-11-6-12-22-16)21-18(17)13-7-2-1-3-8-13/h1-12,19H. The molecule has 0 amide bonds. The molecule has 1 aliphatic heterocycles. The zero-order valence-electron chi connectivity index (χ0n) is 11.7. The van der Waals surface area contributed by atoms with E-state index < -0.39 is 0 Å². The summed E-state index contributed by atoms with van der Waals surface area (Å²) in [5.74, 6) is 0.971. The topological polar surface area (TPSA) is 9.23 Å². The van der Waals surface area contributed by atoms with E-state index in [9.17, 15) is 0 Å². The van der Waals surface area contributed by atoms with Crippen molar-refractivity contribution in [1.29, 1.82) is 0 Å². The molecule has 3 aromatic rings. The zero-order valence-corrected chi connectivity index (χ0v) is 14.7. The van der Waals surface area contributed by atoms with E-state index in [0.717, 1.165) is 11.3 Å². The van der Waals surface area contributed by atoms with E-state index in [1.807, 2.05) is 6.07 Å². The quantitative estimate of drug-likeness (QED) is 0.457. The summed E-state index contributed by atoms with van der Waals surface area (Å²) < 4.78 is 7.61. The molecule has 0 saturated carbocycles.